The SMILES string of the molecule is C[C@H](Sc1nnc(-c2cccc(Br)c2)o1)C(=O)N1CCCC1. The maximum atomic E-state index is 12.3. The summed E-state index contributed by atoms with van der Waals surface area (Å²) in [7, 11) is 0. The highest BCUT2D eigenvalue weighted by Crippen LogP contribution is 2.28. The van der Waals surface area contributed by atoms with Gasteiger partial charge >= 0.3 is 0 Å². The molecule has 2 aromatic rings. The minimum absolute atomic E-state index is 0.143. The van der Waals surface area contributed by atoms with Crippen molar-refractivity contribution in [2.24, 2.45) is 0 Å². The molecule has 22 heavy (non-hydrogen) atoms. The number of likely N-dealkylation sites (tertiary alicyclic amines) is 1. The van der Waals surface area contributed by atoms with E-state index in [1.165, 1.54) is 11.8 Å². The molecule has 5 nitrogen and oxygen atoms in total. The summed E-state index contributed by atoms with van der Waals surface area (Å²) in [6.07, 6.45) is 2.19. The molecule has 7 heteroatoms. The van der Waals surface area contributed by atoms with Gasteiger partial charge < -0.3 is 9.32 Å². The van der Waals surface area contributed by atoms with Crippen LogP contribution in [0.2, 0.25) is 0 Å². The maximum absolute atomic E-state index is 12.3. The molecule has 0 saturated carbocycles. The van der Waals surface area contributed by atoms with Crippen LogP contribution < -0.4 is 0 Å². The molecule has 0 N–H and O–H groups in total. The van der Waals surface area contributed by atoms with Crippen LogP contribution in [0.5, 0.6) is 0 Å². The van der Waals surface area contributed by atoms with Crippen molar-refractivity contribution in [1.29, 1.82) is 0 Å². The van der Waals surface area contributed by atoms with Crippen LogP contribution in [0.3, 0.4) is 0 Å². The Labute approximate surface area is 141 Å². The Bertz CT molecular complexity index is 670. The van der Waals surface area contributed by atoms with Gasteiger partial charge in [0.25, 0.3) is 5.22 Å². The molecular weight excluding hydrogens is 366 g/mol. The Morgan fingerprint density at radius 3 is 2.86 bits per heavy atom. The number of aromatic nitrogens is 2. The van der Waals surface area contributed by atoms with E-state index in [9.17, 15) is 4.79 Å². The van der Waals surface area contributed by atoms with Crippen LogP contribution in [0.15, 0.2) is 38.4 Å². The molecule has 1 atom stereocenters. The summed E-state index contributed by atoms with van der Waals surface area (Å²) in [5.41, 5.74) is 0.854. The Balaban J connectivity index is 1.67. The van der Waals surface area contributed by atoms with Crippen molar-refractivity contribution < 1.29 is 9.21 Å². The minimum Gasteiger partial charge on any atom is -0.411 e. The van der Waals surface area contributed by atoms with Crippen molar-refractivity contribution in [2.45, 2.75) is 30.2 Å². The second-order valence-corrected chi connectivity index (χ2v) is 7.38. The largest absolute Gasteiger partial charge is 0.411 e. The van der Waals surface area contributed by atoms with E-state index in [0.29, 0.717) is 11.1 Å². The molecule has 1 saturated heterocycles. The van der Waals surface area contributed by atoms with Crippen LogP contribution in [0.4, 0.5) is 0 Å². The number of nitrogens with zero attached hydrogens (tertiary/aromatic N) is 3. The van der Waals surface area contributed by atoms with Gasteiger partial charge in [-0.1, -0.05) is 33.8 Å². The van der Waals surface area contributed by atoms with E-state index in [-0.39, 0.29) is 11.2 Å². The summed E-state index contributed by atoms with van der Waals surface area (Å²) in [6, 6.07) is 7.68. The standard InChI is InChI=1S/C15H16BrN3O2S/c1-10(14(20)19-7-2-3-8-19)22-15-18-17-13(21-15)11-5-4-6-12(16)9-11/h4-6,9-10H,2-3,7-8H2,1H3/t10-/m0/s1. The molecule has 1 fully saturated rings. The molecule has 3 rings (SSSR count). The lowest BCUT2D eigenvalue weighted by Gasteiger charge is -2.18. The van der Waals surface area contributed by atoms with Crippen molar-refractivity contribution in [3.05, 3.63) is 28.7 Å². The minimum atomic E-state index is -0.214. The number of amides is 1. The van der Waals surface area contributed by atoms with Crippen LogP contribution in [0.1, 0.15) is 19.8 Å². The van der Waals surface area contributed by atoms with Gasteiger partial charge in [0.05, 0.1) is 5.25 Å². The van der Waals surface area contributed by atoms with Gasteiger partial charge in [-0.3, -0.25) is 4.79 Å². The van der Waals surface area contributed by atoms with E-state index in [2.05, 4.69) is 26.1 Å². The number of hydrogen-bond acceptors (Lipinski definition) is 5. The second kappa shape index (κ2) is 6.83. The molecule has 116 valence electrons. The molecule has 0 spiro atoms. The second-order valence-electron chi connectivity index (χ2n) is 5.18. The van der Waals surface area contributed by atoms with E-state index in [4.69, 9.17) is 4.42 Å². The molecule has 1 aromatic heterocycles. The maximum Gasteiger partial charge on any atom is 0.277 e. The van der Waals surface area contributed by atoms with Crippen LogP contribution >= 0.6 is 27.7 Å². The predicted octanol–water partition coefficient (Wildman–Crippen LogP) is 3.60. The lowest BCUT2D eigenvalue weighted by molar-refractivity contribution is -0.129. The van der Waals surface area contributed by atoms with Gasteiger partial charge in [0.2, 0.25) is 11.8 Å². The normalized spacial score (nSPS) is 16.0. The first-order valence-electron chi connectivity index (χ1n) is 7.18. The lowest BCUT2D eigenvalue weighted by atomic mass is 10.2. The fourth-order valence-electron chi connectivity index (χ4n) is 2.39. The summed E-state index contributed by atoms with van der Waals surface area (Å²) < 4.78 is 6.61. The van der Waals surface area contributed by atoms with Crippen LogP contribution in [0, 0.1) is 0 Å². The predicted molar refractivity (Wildman–Crippen MR) is 88.6 cm³/mol. The van der Waals surface area contributed by atoms with E-state index < -0.39 is 0 Å². The number of thioether (sulfide) groups is 1. The highest BCUT2D eigenvalue weighted by molar-refractivity contribution is 9.10. The zero-order valence-corrected chi connectivity index (χ0v) is 14.6. The summed E-state index contributed by atoms with van der Waals surface area (Å²) >= 11 is 4.73. The van der Waals surface area contributed by atoms with Crippen molar-refractivity contribution in [3.63, 3.8) is 0 Å². The third-order valence-electron chi connectivity index (χ3n) is 3.52. The Morgan fingerprint density at radius 2 is 2.14 bits per heavy atom. The topological polar surface area (TPSA) is 59.2 Å². The quantitative estimate of drug-likeness (QED) is 0.757. The first-order valence-corrected chi connectivity index (χ1v) is 8.85. The molecule has 1 aliphatic rings. The molecule has 0 unspecified atom stereocenters. The fraction of sp³-hybridized carbons (Fsp3) is 0.400. The molecule has 1 amide bonds. The first kappa shape index (κ1) is 15.6. The molecule has 0 bridgehead atoms. The number of carbonyl (C=O) groups is 1. The number of hydrogen-bond donors (Lipinski definition) is 0. The Hall–Kier alpha value is -1.34. The lowest BCUT2D eigenvalue weighted by Crippen LogP contribution is -2.34. The summed E-state index contributed by atoms with van der Waals surface area (Å²) in [5.74, 6) is 0.606. The number of benzene rings is 1. The van der Waals surface area contributed by atoms with Crippen molar-refractivity contribution >= 4 is 33.6 Å². The van der Waals surface area contributed by atoms with Crippen molar-refractivity contribution in [2.75, 3.05) is 13.1 Å². The first-order chi connectivity index (χ1) is 10.6. The highest BCUT2D eigenvalue weighted by atomic mass is 79.9. The molecule has 1 aromatic carbocycles. The number of rotatable bonds is 4. The van der Waals surface area contributed by atoms with E-state index in [1.54, 1.807) is 0 Å². The summed E-state index contributed by atoms with van der Waals surface area (Å²) in [4.78, 5) is 14.2. The van der Waals surface area contributed by atoms with Gasteiger partial charge in [0, 0.05) is 23.1 Å². The smallest absolute Gasteiger partial charge is 0.277 e. The third-order valence-corrected chi connectivity index (χ3v) is 4.94. The zero-order valence-electron chi connectivity index (χ0n) is 12.2. The van der Waals surface area contributed by atoms with Gasteiger partial charge in [0.1, 0.15) is 0 Å². The monoisotopic (exact) mass is 381 g/mol. The molecule has 0 radical (unpaired) electrons. The van der Waals surface area contributed by atoms with Gasteiger partial charge in [-0.15, -0.1) is 10.2 Å². The van der Waals surface area contributed by atoms with E-state index in [1.807, 2.05) is 36.1 Å². The van der Waals surface area contributed by atoms with Gasteiger partial charge in [-0.05, 0) is 38.0 Å². The Kier molecular flexibility index (Phi) is 4.83. The summed E-state index contributed by atoms with van der Waals surface area (Å²) in [5, 5.41) is 8.30. The molecule has 0 aliphatic carbocycles. The molecule has 2 heterocycles. The van der Waals surface area contributed by atoms with Crippen molar-refractivity contribution in [1.82, 2.24) is 15.1 Å². The van der Waals surface area contributed by atoms with Gasteiger partial charge in [0.15, 0.2) is 0 Å². The van der Waals surface area contributed by atoms with Crippen LogP contribution in [-0.4, -0.2) is 39.3 Å². The summed E-state index contributed by atoms with van der Waals surface area (Å²) in [6.45, 7) is 3.60. The Morgan fingerprint density at radius 1 is 1.36 bits per heavy atom. The average Bonchev–Trinajstić information content (AvgIpc) is 3.18. The fourth-order valence-corrected chi connectivity index (χ4v) is 3.56. The highest BCUT2D eigenvalue weighted by Gasteiger charge is 2.25. The average molecular weight is 382 g/mol. The number of carbonyl (C=O) groups excluding carboxylic acids is 1. The van der Waals surface area contributed by atoms with E-state index >= 15 is 0 Å². The van der Waals surface area contributed by atoms with Crippen LogP contribution in [-0.2, 0) is 4.79 Å². The van der Waals surface area contributed by atoms with Crippen LogP contribution in [0.25, 0.3) is 11.5 Å². The zero-order chi connectivity index (χ0) is 15.5. The third kappa shape index (κ3) is 3.52. The van der Waals surface area contributed by atoms with Gasteiger partial charge in [-0.25, -0.2) is 0 Å². The van der Waals surface area contributed by atoms with E-state index in [0.717, 1.165) is 36.0 Å². The molecular formula is C15H16BrN3O2S. The van der Waals surface area contributed by atoms with Gasteiger partial charge in [-0.2, -0.15) is 0 Å². The number of halogens is 1. The molecule has 1 aliphatic heterocycles. The van der Waals surface area contributed by atoms with Crippen molar-refractivity contribution in [3.8, 4) is 11.5 Å².